The van der Waals surface area contributed by atoms with Crippen LogP contribution in [0.15, 0.2) is 0 Å². The summed E-state index contributed by atoms with van der Waals surface area (Å²) in [5, 5.41) is 9.77. The summed E-state index contributed by atoms with van der Waals surface area (Å²) >= 11 is 0. The fraction of sp³-hybridized carbons (Fsp3) is 1.00. The molecule has 1 aliphatic carbocycles. The van der Waals surface area contributed by atoms with Crippen LogP contribution >= 0.6 is 0 Å². The maximum atomic E-state index is 9.77. The number of ether oxygens (including phenoxy) is 2. The highest BCUT2D eigenvalue weighted by Crippen LogP contribution is 2.48. The molecule has 0 heterocycles. The molecule has 0 amide bonds. The molecule has 1 saturated carbocycles. The Kier molecular flexibility index (Phi) is 4.35. The Hall–Kier alpha value is -0.120. The van der Waals surface area contributed by atoms with Gasteiger partial charge >= 0.3 is 0 Å². The Morgan fingerprint density at radius 1 is 1.29 bits per heavy atom. The largest absolute Gasteiger partial charge is 0.392 e. The van der Waals surface area contributed by atoms with E-state index in [1.54, 1.807) is 7.11 Å². The van der Waals surface area contributed by atoms with E-state index in [0.29, 0.717) is 13.2 Å². The minimum absolute atomic E-state index is 0.00768. The van der Waals surface area contributed by atoms with E-state index in [9.17, 15) is 5.11 Å². The number of hydrogen-bond donors (Lipinski definition) is 1. The molecule has 0 radical (unpaired) electrons. The van der Waals surface area contributed by atoms with Crippen LogP contribution in [0, 0.1) is 5.41 Å². The van der Waals surface area contributed by atoms with Crippen LogP contribution in [0.5, 0.6) is 0 Å². The van der Waals surface area contributed by atoms with Crippen molar-refractivity contribution in [3.8, 4) is 0 Å². The monoisotopic (exact) mass is 202 g/mol. The lowest BCUT2D eigenvalue weighted by atomic mass is 9.60. The molecule has 0 aliphatic heterocycles. The molecule has 3 heteroatoms. The van der Waals surface area contributed by atoms with E-state index in [2.05, 4.69) is 13.8 Å². The van der Waals surface area contributed by atoms with E-state index in [1.807, 2.05) is 0 Å². The van der Waals surface area contributed by atoms with Gasteiger partial charge in [0.25, 0.3) is 0 Å². The lowest BCUT2D eigenvalue weighted by molar-refractivity contribution is -0.199. The standard InChI is InChI=1S/C11H22O3/c1-4-11(5-2)9(12)8-10(11)14-7-6-13-3/h9-10,12H,4-8H2,1-3H3. The molecule has 2 atom stereocenters. The highest BCUT2D eigenvalue weighted by atomic mass is 16.5. The molecule has 0 saturated heterocycles. The van der Waals surface area contributed by atoms with Gasteiger partial charge in [0.2, 0.25) is 0 Å². The highest BCUT2D eigenvalue weighted by molar-refractivity contribution is 5.02. The summed E-state index contributed by atoms with van der Waals surface area (Å²) < 4.78 is 10.6. The molecule has 1 fully saturated rings. The Labute approximate surface area is 86.4 Å². The first-order valence-corrected chi connectivity index (χ1v) is 5.49. The van der Waals surface area contributed by atoms with Gasteiger partial charge in [0, 0.05) is 18.9 Å². The van der Waals surface area contributed by atoms with Crippen molar-refractivity contribution in [2.75, 3.05) is 20.3 Å². The van der Waals surface area contributed by atoms with Crippen LogP contribution in [0.1, 0.15) is 33.1 Å². The zero-order valence-corrected chi connectivity index (χ0v) is 9.45. The number of rotatable bonds is 6. The Morgan fingerprint density at radius 3 is 2.36 bits per heavy atom. The van der Waals surface area contributed by atoms with Crippen LogP contribution in [0.3, 0.4) is 0 Å². The number of aliphatic hydroxyl groups is 1. The van der Waals surface area contributed by atoms with E-state index in [-0.39, 0.29) is 17.6 Å². The van der Waals surface area contributed by atoms with E-state index in [0.717, 1.165) is 19.3 Å². The fourth-order valence-corrected chi connectivity index (χ4v) is 2.41. The second-order valence-corrected chi connectivity index (χ2v) is 4.04. The average Bonchev–Trinajstić information content (AvgIpc) is 2.19. The Morgan fingerprint density at radius 2 is 1.93 bits per heavy atom. The SMILES string of the molecule is CCC1(CC)C(O)CC1OCCOC. The van der Waals surface area contributed by atoms with Crippen molar-refractivity contribution in [2.45, 2.75) is 45.3 Å². The molecule has 0 aromatic rings. The zero-order chi connectivity index (χ0) is 10.6. The molecule has 84 valence electrons. The van der Waals surface area contributed by atoms with Gasteiger partial charge in [-0.1, -0.05) is 13.8 Å². The lowest BCUT2D eigenvalue weighted by Crippen LogP contribution is -2.57. The molecule has 1 rings (SSSR count). The number of aliphatic hydroxyl groups excluding tert-OH is 1. The van der Waals surface area contributed by atoms with Crippen LogP contribution < -0.4 is 0 Å². The normalized spacial score (nSPS) is 30.0. The third-order valence-corrected chi connectivity index (χ3v) is 3.67. The van der Waals surface area contributed by atoms with Crippen LogP contribution in [0.25, 0.3) is 0 Å². The van der Waals surface area contributed by atoms with E-state index < -0.39 is 0 Å². The van der Waals surface area contributed by atoms with Gasteiger partial charge in [-0.25, -0.2) is 0 Å². The molecule has 14 heavy (non-hydrogen) atoms. The lowest BCUT2D eigenvalue weighted by Gasteiger charge is -2.52. The van der Waals surface area contributed by atoms with Crippen LogP contribution in [0.4, 0.5) is 0 Å². The predicted octanol–water partition coefficient (Wildman–Crippen LogP) is 1.59. The summed E-state index contributed by atoms with van der Waals surface area (Å²) in [6.07, 6.45) is 2.81. The van der Waals surface area contributed by atoms with Gasteiger partial charge in [-0.15, -0.1) is 0 Å². The molecule has 0 aromatic heterocycles. The van der Waals surface area contributed by atoms with E-state index in [4.69, 9.17) is 9.47 Å². The van der Waals surface area contributed by atoms with Crippen molar-refractivity contribution in [1.29, 1.82) is 0 Å². The van der Waals surface area contributed by atoms with Crippen LogP contribution in [-0.4, -0.2) is 37.6 Å². The van der Waals surface area contributed by atoms with Gasteiger partial charge in [0.15, 0.2) is 0 Å². The summed E-state index contributed by atoms with van der Waals surface area (Å²) in [6.45, 7) is 5.52. The first-order valence-electron chi connectivity index (χ1n) is 5.49. The molecule has 0 bridgehead atoms. The fourth-order valence-electron chi connectivity index (χ4n) is 2.41. The summed E-state index contributed by atoms with van der Waals surface area (Å²) in [7, 11) is 1.67. The summed E-state index contributed by atoms with van der Waals surface area (Å²) in [5.41, 5.74) is 0.00768. The van der Waals surface area contributed by atoms with Gasteiger partial charge in [0.05, 0.1) is 25.4 Å². The van der Waals surface area contributed by atoms with Crippen molar-refractivity contribution in [3.63, 3.8) is 0 Å². The Balaban J connectivity index is 2.39. The topological polar surface area (TPSA) is 38.7 Å². The molecule has 0 spiro atoms. The maximum Gasteiger partial charge on any atom is 0.0704 e. The second-order valence-electron chi connectivity index (χ2n) is 4.04. The third kappa shape index (κ3) is 1.95. The molecular formula is C11H22O3. The molecule has 1 N–H and O–H groups in total. The van der Waals surface area contributed by atoms with Gasteiger partial charge in [-0.3, -0.25) is 0 Å². The number of hydrogen-bond acceptors (Lipinski definition) is 3. The summed E-state index contributed by atoms with van der Waals surface area (Å²) in [4.78, 5) is 0. The van der Waals surface area contributed by atoms with Crippen molar-refractivity contribution >= 4 is 0 Å². The van der Waals surface area contributed by atoms with Crippen molar-refractivity contribution in [3.05, 3.63) is 0 Å². The molecule has 2 unspecified atom stereocenters. The zero-order valence-electron chi connectivity index (χ0n) is 9.45. The summed E-state index contributed by atoms with van der Waals surface area (Å²) in [6, 6.07) is 0. The quantitative estimate of drug-likeness (QED) is 0.665. The van der Waals surface area contributed by atoms with Gasteiger partial charge in [0.1, 0.15) is 0 Å². The third-order valence-electron chi connectivity index (χ3n) is 3.67. The molecule has 0 aromatic carbocycles. The van der Waals surface area contributed by atoms with Gasteiger partial charge < -0.3 is 14.6 Å². The second kappa shape index (κ2) is 5.10. The maximum absolute atomic E-state index is 9.77. The van der Waals surface area contributed by atoms with Crippen LogP contribution in [-0.2, 0) is 9.47 Å². The van der Waals surface area contributed by atoms with E-state index >= 15 is 0 Å². The number of methoxy groups -OCH3 is 1. The van der Waals surface area contributed by atoms with Crippen LogP contribution in [0.2, 0.25) is 0 Å². The molecular weight excluding hydrogens is 180 g/mol. The minimum atomic E-state index is -0.176. The van der Waals surface area contributed by atoms with Gasteiger partial charge in [-0.2, -0.15) is 0 Å². The van der Waals surface area contributed by atoms with Gasteiger partial charge in [-0.05, 0) is 12.8 Å². The first-order chi connectivity index (χ1) is 6.71. The first kappa shape index (κ1) is 12.0. The van der Waals surface area contributed by atoms with E-state index in [1.165, 1.54) is 0 Å². The highest BCUT2D eigenvalue weighted by Gasteiger charge is 2.52. The van der Waals surface area contributed by atoms with Crippen molar-refractivity contribution in [1.82, 2.24) is 0 Å². The summed E-state index contributed by atoms with van der Waals surface area (Å²) in [5.74, 6) is 0. The predicted molar refractivity (Wildman–Crippen MR) is 55.3 cm³/mol. The minimum Gasteiger partial charge on any atom is -0.392 e. The van der Waals surface area contributed by atoms with Crippen molar-refractivity contribution in [2.24, 2.45) is 5.41 Å². The Bertz CT molecular complexity index is 166. The average molecular weight is 202 g/mol. The smallest absolute Gasteiger partial charge is 0.0704 e. The molecule has 1 aliphatic rings. The van der Waals surface area contributed by atoms with Crippen molar-refractivity contribution < 1.29 is 14.6 Å². The molecule has 3 nitrogen and oxygen atoms in total.